The molecule has 0 saturated carbocycles. The molecule has 4 rings (SSSR count). The second kappa shape index (κ2) is 8.54. The Labute approximate surface area is 185 Å². The molecule has 0 aliphatic rings. The van der Waals surface area contributed by atoms with Gasteiger partial charge in [-0.05, 0) is 46.0 Å². The Morgan fingerprint density at radius 2 is 1.56 bits per heavy atom. The summed E-state index contributed by atoms with van der Waals surface area (Å²) < 4.78 is 80.6. The zero-order chi connectivity index (χ0) is 22.9. The van der Waals surface area contributed by atoms with Crippen molar-refractivity contribution < 1.29 is 26.3 Å². The molecule has 0 unspecified atom stereocenters. The molecule has 0 aliphatic carbocycles. The highest BCUT2D eigenvalue weighted by Crippen LogP contribution is 2.39. The smallest absolute Gasteiger partial charge is 0.229 e. The van der Waals surface area contributed by atoms with Gasteiger partial charge in [0, 0.05) is 10.9 Å². The van der Waals surface area contributed by atoms with Gasteiger partial charge >= 0.3 is 12.4 Å². The molecule has 2 heterocycles. The topological polar surface area (TPSA) is 56.5 Å². The Kier molecular flexibility index (Phi) is 5.95. The number of rotatable bonds is 5. The predicted octanol–water partition coefficient (Wildman–Crippen LogP) is 6.03. The predicted molar refractivity (Wildman–Crippen MR) is 105 cm³/mol. The van der Waals surface area contributed by atoms with Crippen LogP contribution in [0.1, 0.15) is 16.7 Å². The van der Waals surface area contributed by atoms with Crippen LogP contribution in [0.25, 0.3) is 11.3 Å². The Balaban J connectivity index is 1.61. The molecule has 32 heavy (non-hydrogen) atoms. The molecule has 0 N–H and O–H groups in total. The summed E-state index contributed by atoms with van der Waals surface area (Å²) in [6.45, 7) is 0.386. The van der Waals surface area contributed by atoms with Gasteiger partial charge in [-0.25, -0.2) is 9.67 Å². The second-order valence-electron chi connectivity index (χ2n) is 6.50. The standard InChI is InChI=1S/C19H11F6N5S2/c20-18(21,22)13-6-12(7-14(8-13)19(23,24)25)15-10-31-17(26-15)32-16-27-28-29-30(16)9-11-4-2-1-3-5-11/h1-8,10H,9H2. The van der Waals surface area contributed by atoms with E-state index >= 15 is 0 Å². The van der Waals surface area contributed by atoms with Crippen LogP contribution in [0.3, 0.4) is 0 Å². The SMILES string of the molecule is FC(F)(F)c1cc(-c2csc(Sc3nnnn3Cc3ccccc3)n2)cc(C(F)(F)F)c1. The molecule has 4 aromatic rings. The van der Waals surface area contributed by atoms with Gasteiger partial charge in [-0.2, -0.15) is 26.3 Å². The van der Waals surface area contributed by atoms with E-state index in [-0.39, 0.29) is 17.3 Å². The molecule has 166 valence electrons. The van der Waals surface area contributed by atoms with E-state index in [2.05, 4.69) is 20.5 Å². The monoisotopic (exact) mass is 487 g/mol. The maximum Gasteiger partial charge on any atom is 0.416 e. The number of halogens is 6. The van der Waals surface area contributed by atoms with Crippen LogP contribution in [0.4, 0.5) is 26.3 Å². The van der Waals surface area contributed by atoms with Crippen molar-refractivity contribution in [1.82, 2.24) is 25.2 Å². The average Bonchev–Trinajstić information content (AvgIpc) is 3.37. The summed E-state index contributed by atoms with van der Waals surface area (Å²) in [6, 6.07) is 10.8. The Bertz CT molecular complexity index is 1180. The molecule has 0 radical (unpaired) electrons. The minimum Gasteiger partial charge on any atom is -0.229 e. The van der Waals surface area contributed by atoms with Gasteiger partial charge in [0.2, 0.25) is 5.16 Å². The third kappa shape index (κ3) is 5.10. The zero-order valence-corrected chi connectivity index (χ0v) is 17.4. The first-order chi connectivity index (χ1) is 15.1. The molecular weight excluding hydrogens is 476 g/mol. The lowest BCUT2D eigenvalue weighted by Gasteiger charge is -2.13. The highest BCUT2D eigenvalue weighted by molar-refractivity contribution is 8.00. The molecular formula is C19H11F6N5S2. The number of nitrogens with zero attached hydrogens (tertiary/aromatic N) is 5. The van der Waals surface area contributed by atoms with Gasteiger partial charge in [-0.1, -0.05) is 30.3 Å². The summed E-state index contributed by atoms with van der Waals surface area (Å²) in [4.78, 5) is 4.19. The van der Waals surface area contributed by atoms with Crippen molar-refractivity contribution in [2.75, 3.05) is 0 Å². The Morgan fingerprint density at radius 3 is 2.19 bits per heavy atom. The molecule has 0 saturated heterocycles. The molecule has 0 spiro atoms. The summed E-state index contributed by atoms with van der Waals surface area (Å²) in [5.41, 5.74) is -2.12. The van der Waals surface area contributed by atoms with Crippen molar-refractivity contribution in [3.8, 4) is 11.3 Å². The van der Waals surface area contributed by atoms with Gasteiger partial charge < -0.3 is 0 Å². The van der Waals surface area contributed by atoms with E-state index in [0.29, 0.717) is 28.2 Å². The van der Waals surface area contributed by atoms with Crippen molar-refractivity contribution in [2.24, 2.45) is 0 Å². The van der Waals surface area contributed by atoms with Crippen LogP contribution < -0.4 is 0 Å². The van der Waals surface area contributed by atoms with Gasteiger partial charge in [-0.3, -0.25) is 0 Å². The van der Waals surface area contributed by atoms with Crippen LogP contribution in [-0.4, -0.2) is 25.2 Å². The first-order valence-electron chi connectivity index (χ1n) is 8.83. The van der Waals surface area contributed by atoms with Crippen LogP contribution in [-0.2, 0) is 18.9 Å². The molecule has 0 fully saturated rings. The Hall–Kier alpha value is -2.93. The first-order valence-corrected chi connectivity index (χ1v) is 10.5. The van der Waals surface area contributed by atoms with Crippen LogP contribution in [0.2, 0.25) is 0 Å². The number of hydrogen-bond donors (Lipinski definition) is 0. The van der Waals surface area contributed by atoms with E-state index < -0.39 is 23.5 Å². The van der Waals surface area contributed by atoms with Gasteiger partial charge in [0.05, 0.1) is 23.4 Å². The number of aromatic nitrogens is 5. The zero-order valence-electron chi connectivity index (χ0n) is 15.7. The van der Waals surface area contributed by atoms with Crippen molar-refractivity contribution in [3.63, 3.8) is 0 Å². The number of thiazole rings is 1. The molecule has 5 nitrogen and oxygen atoms in total. The maximum atomic E-state index is 13.1. The summed E-state index contributed by atoms with van der Waals surface area (Å²) in [5, 5.41) is 13.2. The van der Waals surface area contributed by atoms with E-state index in [1.165, 1.54) is 10.1 Å². The third-order valence-corrected chi connectivity index (χ3v) is 6.13. The average molecular weight is 487 g/mol. The van der Waals surface area contributed by atoms with Gasteiger partial charge in [0.15, 0.2) is 4.34 Å². The summed E-state index contributed by atoms with van der Waals surface area (Å²) >= 11 is 2.13. The van der Waals surface area contributed by atoms with Gasteiger partial charge in [0.25, 0.3) is 0 Å². The van der Waals surface area contributed by atoms with E-state index in [4.69, 9.17) is 0 Å². The second-order valence-corrected chi connectivity index (χ2v) is 8.57. The maximum absolute atomic E-state index is 13.1. The van der Waals surface area contributed by atoms with Crippen molar-refractivity contribution in [3.05, 3.63) is 70.6 Å². The quantitative estimate of drug-likeness (QED) is 0.322. The Morgan fingerprint density at radius 1 is 0.906 bits per heavy atom. The number of benzene rings is 2. The van der Waals surface area contributed by atoms with E-state index in [1.807, 2.05) is 30.3 Å². The minimum absolute atomic E-state index is 0.00353. The van der Waals surface area contributed by atoms with E-state index in [9.17, 15) is 26.3 Å². The third-order valence-electron chi connectivity index (χ3n) is 4.22. The fourth-order valence-corrected chi connectivity index (χ4v) is 4.44. The largest absolute Gasteiger partial charge is 0.416 e. The highest BCUT2D eigenvalue weighted by atomic mass is 32.2. The van der Waals surface area contributed by atoms with Crippen LogP contribution in [0.5, 0.6) is 0 Å². The van der Waals surface area contributed by atoms with E-state index in [1.54, 1.807) is 0 Å². The number of tetrazole rings is 1. The molecule has 0 aliphatic heterocycles. The van der Waals surface area contributed by atoms with Crippen LogP contribution >= 0.6 is 23.1 Å². The van der Waals surface area contributed by atoms with Gasteiger partial charge in [0.1, 0.15) is 0 Å². The van der Waals surface area contributed by atoms with Gasteiger partial charge in [-0.15, -0.1) is 16.4 Å². The minimum atomic E-state index is -4.93. The fourth-order valence-electron chi connectivity index (χ4n) is 2.74. The lowest BCUT2D eigenvalue weighted by atomic mass is 10.0. The lowest BCUT2D eigenvalue weighted by Crippen LogP contribution is -2.11. The molecule has 0 bridgehead atoms. The molecule has 13 heteroatoms. The van der Waals surface area contributed by atoms with Crippen molar-refractivity contribution in [2.45, 2.75) is 28.4 Å². The summed E-state index contributed by atoms with van der Waals surface area (Å²) in [5.74, 6) is 0. The fraction of sp³-hybridized carbons (Fsp3) is 0.158. The molecule has 0 atom stereocenters. The molecule has 2 aromatic heterocycles. The highest BCUT2D eigenvalue weighted by Gasteiger charge is 2.37. The summed E-state index contributed by atoms with van der Waals surface area (Å²) in [6.07, 6.45) is -9.85. The van der Waals surface area contributed by atoms with Crippen molar-refractivity contribution >= 4 is 23.1 Å². The molecule has 2 aromatic carbocycles. The lowest BCUT2D eigenvalue weighted by molar-refractivity contribution is -0.143. The van der Waals surface area contributed by atoms with Crippen LogP contribution in [0.15, 0.2) is 63.4 Å². The van der Waals surface area contributed by atoms with Crippen LogP contribution in [0, 0.1) is 0 Å². The molecule has 0 amide bonds. The number of alkyl halides is 6. The van der Waals surface area contributed by atoms with E-state index in [0.717, 1.165) is 28.7 Å². The number of hydrogen-bond acceptors (Lipinski definition) is 6. The van der Waals surface area contributed by atoms with Crippen molar-refractivity contribution in [1.29, 1.82) is 0 Å². The first kappa shape index (κ1) is 22.3. The summed E-state index contributed by atoms with van der Waals surface area (Å²) in [7, 11) is 0. The normalized spacial score (nSPS) is 12.3.